The minimum absolute atomic E-state index is 0.254. The lowest BCUT2D eigenvalue weighted by molar-refractivity contribution is -0.134. The van der Waals surface area contributed by atoms with E-state index in [1.54, 1.807) is 13.0 Å². The van der Waals surface area contributed by atoms with E-state index < -0.39 is 12.1 Å². The van der Waals surface area contributed by atoms with Gasteiger partial charge in [0, 0.05) is 29.1 Å². The summed E-state index contributed by atoms with van der Waals surface area (Å²) >= 11 is 0. The summed E-state index contributed by atoms with van der Waals surface area (Å²) in [6.45, 7) is 1.70. The molecule has 100 valence electrons. The standard InChI is InChI=1S/C15H17NO3/c1-10(17)11(7-8-15(18)19-2)13-9-16-14-6-4-3-5-12(13)14/h3-11,16-17H,1-2H3/b8-7+/t10-,11+/m0/s1. The number of esters is 1. The van der Waals surface area contributed by atoms with Crippen molar-refractivity contribution < 1.29 is 14.6 Å². The number of hydrogen-bond acceptors (Lipinski definition) is 3. The number of para-hydroxylation sites is 1. The van der Waals surface area contributed by atoms with E-state index in [1.807, 2.05) is 30.5 Å². The number of hydrogen-bond donors (Lipinski definition) is 2. The van der Waals surface area contributed by atoms with Gasteiger partial charge in [-0.05, 0) is 18.6 Å². The van der Waals surface area contributed by atoms with Gasteiger partial charge in [0.25, 0.3) is 0 Å². The maximum absolute atomic E-state index is 11.2. The average molecular weight is 259 g/mol. The number of benzene rings is 1. The quantitative estimate of drug-likeness (QED) is 0.654. The third kappa shape index (κ3) is 2.85. The lowest BCUT2D eigenvalue weighted by atomic mass is 9.93. The third-order valence-electron chi connectivity index (χ3n) is 3.14. The molecule has 4 nitrogen and oxygen atoms in total. The molecular weight excluding hydrogens is 242 g/mol. The van der Waals surface area contributed by atoms with Crippen LogP contribution in [0, 0.1) is 0 Å². The average Bonchev–Trinajstić information content (AvgIpc) is 2.82. The van der Waals surface area contributed by atoms with E-state index >= 15 is 0 Å². The van der Waals surface area contributed by atoms with Crippen molar-refractivity contribution in [3.8, 4) is 0 Å². The molecule has 0 bridgehead atoms. The van der Waals surface area contributed by atoms with Gasteiger partial charge in [-0.15, -0.1) is 0 Å². The van der Waals surface area contributed by atoms with Crippen LogP contribution in [0.25, 0.3) is 10.9 Å². The second-order valence-electron chi connectivity index (χ2n) is 4.44. The van der Waals surface area contributed by atoms with Crippen LogP contribution in [-0.4, -0.2) is 29.3 Å². The number of carbonyl (C=O) groups excluding carboxylic acids is 1. The summed E-state index contributed by atoms with van der Waals surface area (Å²) in [5.41, 5.74) is 1.97. The summed E-state index contributed by atoms with van der Waals surface area (Å²) in [6.07, 6.45) is 4.29. The van der Waals surface area contributed by atoms with E-state index in [9.17, 15) is 9.90 Å². The summed E-state index contributed by atoms with van der Waals surface area (Å²) < 4.78 is 4.57. The van der Waals surface area contributed by atoms with Gasteiger partial charge in [-0.25, -0.2) is 4.79 Å². The van der Waals surface area contributed by atoms with Crippen molar-refractivity contribution in [3.63, 3.8) is 0 Å². The van der Waals surface area contributed by atoms with Crippen LogP contribution in [0.15, 0.2) is 42.6 Å². The van der Waals surface area contributed by atoms with Crippen LogP contribution in [0.2, 0.25) is 0 Å². The molecule has 0 aliphatic rings. The molecule has 1 heterocycles. The molecule has 0 spiro atoms. The van der Waals surface area contributed by atoms with Gasteiger partial charge >= 0.3 is 5.97 Å². The van der Waals surface area contributed by atoms with Crippen molar-refractivity contribution in [2.75, 3.05) is 7.11 Å². The predicted octanol–water partition coefficient (Wildman–Crippen LogP) is 2.36. The first-order valence-corrected chi connectivity index (χ1v) is 6.13. The van der Waals surface area contributed by atoms with Gasteiger partial charge in [-0.1, -0.05) is 24.3 Å². The molecule has 0 aliphatic heterocycles. The number of aromatic nitrogens is 1. The van der Waals surface area contributed by atoms with Crippen LogP contribution in [0.5, 0.6) is 0 Å². The molecule has 0 aliphatic carbocycles. The van der Waals surface area contributed by atoms with Crippen molar-refractivity contribution >= 4 is 16.9 Å². The molecule has 4 heteroatoms. The van der Waals surface area contributed by atoms with E-state index in [0.29, 0.717) is 0 Å². The van der Waals surface area contributed by atoms with Crippen molar-refractivity contribution in [1.29, 1.82) is 0 Å². The van der Waals surface area contributed by atoms with Crippen LogP contribution in [-0.2, 0) is 9.53 Å². The molecule has 19 heavy (non-hydrogen) atoms. The van der Waals surface area contributed by atoms with Crippen molar-refractivity contribution in [2.45, 2.75) is 18.9 Å². The first-order chi connectivity index (χ1) is 9.13. The smallest absolute Gasteiger partial charge is 0.330 e. The van der Waals surface area contributed by atoms with Gasteiger partial charge in [0.15, 0.2) is 0 Å². The zero-order valence-electron chi connectivity index (χ0n) is 11.0. The molecule has 0 saturated heterocycles. The Kier molecular flexibility index (Phi) is 4.02. The number of aliphatic hydroxyl groups is 1. The fourth-order valence-corrected chi connectivity index (χ4v) is 2.14. The normalized spacial score (nSPS) is 14.7. The van der Waals surface area contributed by atoms with Gasteiger partial charge in [0.1, 0.15) is 0 Å². The van der Waals surface area contributed by atoms with Gasteiger partial charge in [-0.3, -0.25) is 0 Å². The second kappa shape index (κ2) is 5.71. The number of nitrogens with one attached hydrogen (secondary N) is 1. The SMILES string of the molecule is COC(=O)/C=C/[C@@H](c1c[nH]c2ccccc12)[C@H](C)O. The number of rotatable bonds is 4. The van der Waals surface area contributed by atoms with Crippen LogP contribution in [0.1, 0.15) is 18.4 Å². The van der Waals surface area contributed by atoms with E-state index in [-0.39, 0.29) is 5.92 Å². The third-order valence-corrected chi connectivity index (χ3v) is 3.14. The Bertz CT molecular complexity index is 598. The first kappa shape index (κ1) is 13.4. The number of ether oxygens (including phenoxy) is 1. The Hall–Kier alpha value is -2.07. The molecule has 2 aromatic rings. The maximum Gasteiger partial charge on any atom is 0.330 e. The van der Waals surface area contributed by atoms with Crippen LogP contribution in [0.3, 0.4) is 0 Å². The van der Waals surface area contributed by atoms with Crippen LogP contribution in [0.4, 0.5) is 0 Å². The second-order valence-corrected chi connectivity index (χ2v) is 4.44. The molecule has 1 aromatic heterocycles. The number of methoxy groups -OCH3 is 1. The van der Waals surface area contributed by atoms with E-state index in [4.69, 9.17) is 0 Å². The number of aliphatic hydroxyl groups excluding tert-OH is 1. The molecule has 0 unspecified atom stereocenters. The highest BCUT2D eigenvalue weighted by Gasteiger charge is 2.18. The summed E-state index contributed by atoms with van der Waals surface area (Å²) in [5.74, 6) is -0.680. The Labute approximate surface area is 111 Å². The monoisotopic (exact) mass is 259 g/mol. The van der Waals surface area contributed by atoms with Gasteiger partial charge in [0.05, 0.1) is 13.2 Å². The zero-order chi connectivity index (χ0) is 13.8. The van der Waals surface area contributed by atoms with Gasteiger partial charge in [-0.2, -0.15) is 0 Å². The largest absolute Gasteiger partial charge is 0.466 e. The summed E-state index contributed by atoms with van der Waals surface area (Å²) in [5, 5.41) is 11.0. The topological polar surface area (TPSA) is 62.3 Å². The van der Waals surface area contributed by atoms with Crippen molar-refractivity contribution in [3.05, 3.63) is 48.2 Å². The number of H-pyrrole nitrogens is 1. The number of fused-ring (bicyclic) bond motifs is 1. The zero-order valence-corrected chi connectivity index (χ0v) is 11.0. The minimum Gasteiger partial charge on any atom is -0.466 e. The van der Waals surface area contributed by atoms with Crippen LogP contribution < -0.4 is 0 Å². The number of carbonyl (C=O) groups is 1. The lowest BCUT2D eigenvalue weighted by Crippen LogP contribution is -2.12. The molecule has 0 radical (unpaired) electrons. The molecular formula is C15H17NO3. The highest BCUT2D eigenvalue weighted by atomic mass is 16.5. The fraction of sp³-hybridized carbons (Fsp3) is 0.267. The Morgan fingerprint density at radius 3 is 2.84 bits per heavy atom. The summed E-state index contributed by atoms with van der Waals surface area (Å²) in [4.78, 5) is 14.3. The Morgan fingerprint density at radius 1 is 1.42 bits per heavy atom. The molecule has 2 rings (SSSR count). The lowest BCUT2D eigenvalue weighted by Gasteiger charge is -2.15. The minimum atomic E-state index is -0.597. The summed E-state index contributed by atoms with van der Waals surface area (Å²) in [7, 11) is 1.33. The van der Waals surface area contributed by atoms with Gasteiger partial charge in [0.2, 0.25) is 0 Å². The molecule has 0 fully saturated rings. The molecule has 2 N–H and O–H groups in total. The highest BCUT2D eigenvalue weighted by Crippen LogP contribution is 2.29. The first-order valence-electron chi connectivity index (χ1n) is 6.13. The van der Waals surface area contributed by atoms with Crippen molar-refractivity contribution in [2.24, 2.45) is 0 Å². The van der Waals surface area contributed by atoms with E-state index in [2.05, 4.69) is 9.72 Å². The number of aromatic amines is 1. The van der Waals surface area contributed by atoms with Crippen LogP contribution >= 0.6 is 0 Å². The Balaban J connectivity index is 2.39. The summed E-state index contributed by atoms with van der Waals surface area (Å²) in [6, 6.07) is 7.86. The van der Waals surface area contributed by atoms with E-state index in [0.717, 1.165) is 16.5 Å². The molecule has 0 amide bonds. The molecule has 1 aromatic carbocycles. The van der Waals surface area contributed by atoms with Crippen molar-refractivity contribution in [1.82, 2.24) is 4.98 Å². The molecule has 0 saturated carbocycles. The Morgan fingerprint density at radius 2 is 2.16 bits per heavy atom. The highest BCUT2D eigenvalue weighted by molar-refractivity contribution is 5.85. The predicted molar refractivity (Wildman–Crippen MR) is 73.9 cm³/mol. The maximum atomic E-state index is 11.2. The fourth-order valence-electron chi connectivity index (χ4n) is 2.14. The van der Waals surface area contributed by atoms with Gasteiger partial charge < -0.3 is 14.8 Å². The van der Waals surface area contributed by atoms with E-state index in [1.165, 1.54) is 13.2 Å². The molecule has 2 atom stereocenters.